The highest BCUT2D eigenvalue weighted by Gasteiger charge is 2.42. The highest BCUT2D eigenvalue weighted by atomic mass is 32.2. The second kappa shape index (κ2) is 5.09. The zero-order valence-corrected chi connectivity index (χ0v) is 12.5. The van der Waals surface area contributed by atoms with Gasteiger partial charge in [0.25, 0.3) is 0 Å². The van der Waals surface area contributed by atoms with E-state index in [0.29, 0.717) is 18.7 Å². The van der Waals surface area contributed by atoms with Gasteiger partial charge in [-0.15, -0.1) is 0 Å². The molecule has 0 bridgehead atoms. The summed E-state index contributed by atoms with van der Waals surface area (Å²) >= 11 is 0. The number of hydrogen-bond acceptors (Lipinski definition) is 4. The monoisotopic (exact) mass is 297 g/mol. The first-order valence-electron chi connectivity index (χ1n) is 6.57. The molecule has 0 spiro atoms. The van der Waals surface area contributed by atoms with Crippen LogP contribution in [0.15, 0.2) is 29.2 Å². The molecule has 20 heavy (non-hydrogen) atoms. The third-order valence-electron chi connectivity index (χ3n) is 3.91. The number of nitrogens with zero attached hydrogens (tertiary/aromatic N) is 1. The molecule has 0 aliphatic carbocycles. The van der Waals surface area contributed by atoms with Crippen molar-refractivity contribution in [3.05, 3.63) is 24.3 Å². The van der Waals surface area contributed by atoms with Crippen LogP contribution in [0.1, 0.15) is 26.2 Å². The largest absolute Gasteiger partial charge is 0.480 e. The molecule has 5 nitrogen and oxygen atoms in total. The number of benzene rings is 1. The number of sulfone groups is 1. The van der Waals surface area contributed by atoms with Crippen LogP contribution in [0.25, 0.3) is 0 Å². The third-order valence-corrected chi connectivity index (χ3v) is 5.05. The van der Waals surface area contributed by atoms with E-state index in [-0.39, 0.29) is 4.90 Å². The summed E-state index contributed by atoms with van der Waals surface area (Å²) in [6, 6.07) is 6.60. The quantitative estimate of drug-likeness (QED) is 0.922. The lowest BCUT2D eigenvalue weighted by Gasteiger charge is -2.43. The molecule has 1 aromatic carbocycles. The third kappa shape index (κ3) is 2.52. The van der Waals surface area contributed by atoms with E-state index in [2.05, 4.69) is 0 Å². The Kier molecular flexibility index (Phi) is 3.77. The Bertz CT molecular complexity index is 626. The zero-order chi connectivity index (χ0) is 15.0. The van der Waals surface area contributed by atoms with Crippen molar-refractivity contribution in [1.82, 2.24) is 0 Å². The van der Waals surface area contributed by atoms with Crippen molar-refractivity contribution in [3.8, 4) is 0 Å². The molecule has 0 aromatic heterocycles. The summed E-state index contributed by atoms with van der Waals surface area (Å²) in [5, 5.41) is 9.53. The van der Waals surface area contributed by atoms with E-state index in [9.17, 15) is 18.3 Å². The number of aliphatic carboxylic acids is 1. The Balaban J connectivity index is 2.58. The SMILES string of the molecule is CC1(C(=O)O)CCCCN1c1ccccc1S(C)(=O)=O. The van der Waals surface area contributed by atoms with E-state index in [4.69, 9.17) is 0 Å². The van der Waals surface area contributed by atoms with Crippen molar-refractivity contribution >= 4 is 21.5 Å². The maximum absolute atomic E-state index is 11.9. The fraction of sp³-hybridized carbons (Fsp3) is 0.500. The van der Waals surface area contributed by atoms with E-state index < -0.39 is 21.3 Å². The first-order valence-corrected chi connectivity index (χ1v) is 8.46. The number of carboxylic acid groups (broad SMARTS) is 1. The first-order chi connectivity index (χ1) is 9.27. The van der Waals surface area contributed by atoms with Gasteiger partial charge in [0.15, 0.2) is 9.84 Å². The lowest BCUT2D eigenvalue weighted by atomic mass is 9.88. The summed E-state index contributed by atoms with van der Waals surface area (Å²) in [6.07, 6.45) is 3.36. The van der Waals surface area contributed by atoms with Crippen LogP contribution in [0.2, 0.25) is 0 Å². The average Bonchev–Trinajstić information content (AvgIpc) is 2.38. The molecule has 1 aliphatic rings. The molecule has 0 radical (unpaired) electrons. The van der Waals surface area contributed by atoms with Gasteiger partial charge in [-0.1, -0.05) is 12.1 Å². The molecule has 1 N–H and O–H groups in total. The van der Waals surface area contributed by atoms with Gasteiger partial charge >= 0.3 is 5.97 Å². The molecule has 6 heteroatoms. The standard InChI is InChI=1S/C14H19NO4S/c1-14(13(16)17)9-5-6-10-15(14)11-7-3-4-8-12(11)20(2,18)19/h3-4,7-8H,5-6,9-10H2,1-2H3,(H,16,17). The van der Waals surface area contributed by atoms with E-state index >= 15 is 0 Å². The van der Waals surface area contributed by atoms with Crippen molar-refractivity contribution in [1.29, 1.82) is 0 Å². The number of carboxylic acids is 1. The van der Waals surface area contributed by atoms with Crippen LogP contribution in [0, 0.1) is 0 Å². The second-order valence-corrected chi connectivity index (χ2v) is 7.41. The van der Waals surface area contributed by atoms with Gasteiger partial charge in [-0.25, -0.2) is 13.2 Å². The van der Waals surface area contributed by atoms with Gasteiger partial charge in [0.2, 0.25) is 0 Å². The molecule has 0 amide bonds. The predicted molar refractivity (Wildman–Crippen MR) is 76.8 cm³/mol. The number of hydrogen-bond donors (Lipinski definition) is 1. The minimum atomic E-state index is -3.39. The van der Waals surface area contributed by atoms with Gasteiger partial charge in [-0.3, -0.25) is 0 Å². The Morgan fingerprint density at radius 2 is 1.95 bits per heavy atom. The molecule has 1 saturated heterocycles. The lowest BCUT2D eigenvalue weighted by molar-refractivity contribution is -0.143. The van der Waals surface area contributed by atoms with Crippen LogP contribution in [-0.2, 0) is 14.6 Å². The smallest absolute Gasteiger partial charge is 0.329 e. The number of piperidine rings is 1. The topological polar surface area (TPSA) is 74.7 Å². The van der Waals surface area contributed by atoms with Crippen molar-refractivity contribution in [2.24, 2.45) is 0 Å². The summed E-state index contributed by atoms with van der Waals surface area (Å²) in [7, 11) is -3.39. The fourth-order valence-electron chi connectivity index (χ4n) is 2.72. The van der Waals surface area contributed by atoms with E-state index in [0.717, 1.165) is 19.1 Å². The van der Waals surface area contributed by atoms with Gasteiger partial charge in [-0.05, 0) is 38.3 Å². The minimum absolute atomic E-state index is 0.189. The second-order valence-electron chi connectivity index (χ2n) is 5.43. The fourth-order valence-corrected chi connectivity index (χ4v) is 3.61. The molecule has 1 aromatic rings. The molecule has 1 aliphatic heterocycles. The summed E-state index contributed by atoms with van der Waals surface area (Å²) in [5.74, 6) is -0.916. The molecular formula is C14H19NO4S. The Labute approximate surface area is 119 Å². The van der Waals surface area contributed by atoms with E-state index in [1.165, 1.54) is 6.07 Å². The van der Waals surface area contributed by atoms with Gasteiger partial charge in [-0.2, -0.15) is 0 Å². The molecule has 1 fully saturated rings. The molecule has 1 unspecified atom stereocenters. The van der Waals surface area contributed by atoms with Gasteiger partial charge < -0.3 is 10.0 Å². The lowest BCUT2D eigenvalue weighted by Crippen LogP contribution is -2.55. The summed E-state index contributed by atoms with van der Waals surface area (Å²) in [4.78, 5) is 13.5. The Morgan fingerprint density at radius 1 is 1.30 bits per heavy atom. The predicted octanol–water partition coefficient (Wildman–Crippen LogP) is 1.92. The maximum atomic E-state index is 11.9. The van der Waals surface area contributed by atoms with Gasteiger partial charge in [0, 0.05) is 12.8 Å². The number of anilines is 1. The molecule has 110 valence electrons. The van der Waals surface area contributed by atoms with Crippen molar-refractivity contribution in [2.45, 2.75) is 36.6 Å². The first kappa shape index (κ1) is 14.8. The molecule has 1 heterocycles. The average molecular weight is 297 g/mol. The number of carbonyl (C=O) groups is 1. The van der Waals surface area contributed by atoms with Crippen LogP contribution in [-0.4, -0.2) is 37.8 Å². The number of para-hydroxylation sites is 1. The van der Waals surface area contributed by atoms with Crippen LogP contribution in [0.3, 0.4) is 0 Å². The van der Waals surface area contributed by atoms with Crippen LogP contribution in [0.4, 0.5) is 5.69 Å². The number of rotatable bonds is 3. The molecule has 1 atom stereocenters. The minimum Gasteiger partial charge on any atom is -0.480 e. The van der Waals surface area contributed by atoms with Gasteiger partial charge in [0.1, 0.15) is 5.54 Å². The van der Waals surface area contributed by atoms with Crippen LogP contribution >= 0.6 is 0 Å². The van der Waals surface area contributed by atoms with Gasteiger partial charge in [0.05, 0.1) is 10.6 Å². The summed E-state index contributed by atoms with van der Waals surface area (Å²) < 4.78 is 23.8. The van der Waals surface area contributed by atoms with E-state index in [1.807, 2.05) is 0 Å². The summed E-state index contributed by atoms with van der Waals surface area (Å²) in [6.45, 7) is 2.21. The highest BCUT2D eigenvalue weighted by Crippen LogP contribution is 2.36. The van der Waals surface area contributed by atoms with Crippen molar-refractivity contribution in [2.75, 3.05) is 17.7 Å². The van der Waals surface area contributed by atoms with Crippen LogP contribution in [0.5, 0.6) is 0 Å². The maximum Gasteiger partial charge on any atom is 0.329 e. The van der Waals surface area contributed by atoms with Crippen LogP contribution < -0.4 is 4.90 Å². The summed E-state index contributed by atoms with van der Waals surface area (Å²) in [5.41, 5.74) is -0.571. The highest BCUT2D eigenvalue weighted by molar-refractivity contribution is 7.90. The van der Waals surface area contributed by atoms with E-state index in [1.54, 1.807) is 30.0 Å². The molecule has 2 rings (SSSR count). The Morgan fingerprint density at radius 3 is 2.55 bits per heavy atom. The molecule has 0 saturated carbocycles. The Hall–Kier alpha value is -1.56. The molecular weight excluding hydrogens is 278 g/mol. The zero-order valence-electron chi connectivity index (χ0n) is 11.7. The normalized spacial score (nSPS) is 23.6. The van der Waals surface area contributed by atoms with Crippen molar-refractivity contribution in [3.63, 3.8) is 0 Å². The van der Waals surface area contributed by atoms with Crippen molar-refractivity contribution < 1.29 is 18.3 Å².